The van der Waals surface area contributed by atoms with E-state index in [1.807, 2.05) is 0 Å². The molecule has 1 saturated carbocycles. The van der Waals surface area contributed by atoms with E-state index in [1.165, 1.54) is 25.7 Å². The summed E-state index contributed by atoms with van der Waals surface area (Å²) in [7, 11) is 0. The number of hydrogen-bond donors (Lipinski definition) is 1. The molecule has 0 aromatic carbocycles. The molecule has 1 aliphatic rings. The highest BCUT2D eigenvalue weighted by Crippen LogP contribution is 2.28. The fourth-order valence-electron chi connectivity index (χ4n) is 2.37. The Hall–Kier alpha value is -0.0500. The van der Waals surface area contributed by atoms with Crippen LogP contribution in [0.25, 0.3) is 0 Å². The fraction of sp³-hybridized carbons (Fsp3) is 0.923. The molecular weight excluding hydrogens is 266 g/mol. The minimum absolute atomic E-state index is 0.215. The Morgan fingerprint density at radius 2 is 1.81 bits per heavy atom. The molecule has 0 atom stereocenters. The molecule has 94 valence electrons. The SMILES string of the molecule is CCC(CC)C(=O)NCC1CCC(Br)CC1. The highest BCUT2D eigenvalue weighted by atomic mass is 79.9. The molecule has 2 nitrogen and oxygen atoms in total. The lowest BCUT2D eigenvalue weighted by molar-refractivity contribution is -0.125. The monoisotopic (exact) mass is 289 g/mol. The molecule has 0 radical (unpaired) electrons. The van der Waals surface area contributed by atoms with Gasteiger partial charge in [0.05, 0.1) is 0 Å². The minimum atomic E-state index is 0.215. The van der Waals surface area contributed by atoms with Gasteiger partial charge in [-0.15, -0.1) is 0 Å². The van der Waals surface area contributed by atoms with Gasteiger partial charge in [0.1, 0.15) is 0 Å². The van der Waals surface area contributed by atoms with E-state index in [0.717, 1.165) is 19.4 Å². The quantitative estimate of drug-likeness (QED) is 0.772. The zero-order chi connectivity index (χ0) is 12.0. The van der Waals surface area contributed by atoms with Crippen molar-refractivity contribution in [3.05, 3.63) is 0 Å². The van der Waals surface area contributed by atoms with Gasteiger partial charge in [0.2, 0.25) is 5.91 Å². The number of halogens is 1. The Balaban J connectivity index is 2.21. The van der Waals surface area contributed by atoms with Crippen LogP contribution in [-0.2, 0) is 4.79 Å². The number of carbonyl (C=O) groups excluding carboxylic acids is 1. The van der Waals surface area contributed by atoms with Crippen LogP contribution in [0.5, 0.6) is 0 Å². The van der Waals surface area contributed by atoms with Gasteiger partial charge in [-0.25, -0.2) is 0 Å². The minimum Gasteiger partial charge on any atom is -0.356 e. The standard InChI is InChI=1S/C13H24BrNO/c1-3-11(4-2)13(16)15-9-10-5-7-12(14)8-6-10/h10-12H,3-9H2,1-2H3,(H,15,16). The van der Waals surface area contributed by atoms with Crippen molar-refractivity contribution >= 4 is 21.8 Å². The van der Waals surface area contributed by atoms with Crippen molar-refractivity contribution in [2.45, 2.75) is 57.2 Å². The summed E-state index contributed by atoms with van der Waals surface area (Å²) in [6, 6.07) is 0. The van der Waals surface area contributed by atoms with Gasteiger partial charge in [-0.3, -0.25) is 4.79 Å². The molecule has 16 heavy (non-hydrogen) atoms. The van der Waals surface area contributed by atoms with Crippen molar-refractivity contribution < 1.29 is 4.79 Å². The van der Waals surface area contributed by atoms with Crippen LogP contribution in [0.15, 0.2) is 0 Å². The van der Waals surface area contributed by atoms with E-state index in [4.69, 9.17) is 0 Å². The zero-order valence-corrected chi connectivity index (χ0v) is 12.1. The summed E-state index contributed by atoms with van der Waals surface area (Å²) in [5.41, 5.74) is 0. The molecule has 1 rings (SSSR count). The maximum atomic E-state index is 11.8. The van der Waals surface area contributed by atoms with Crippen molar-refractivity contribution in [2.24, 2.45) is 11.8 Å². The first-order valence-electron chi connectivity index (χ1n) is 6.59. The van der Waals surface area contributed by atoms with E-state index < -0.39 is 0 Å². The number of rotatable bonds is 5. The largest absolute Gasteiger partial charge is 0.356 e. The number of hydrogen-bond acceptors (Lipinski definition) is 1. The molecule has 0 spiro atoms. The lowest BCUT2D eigenvalue weighted by Gasteiger charge is -2.26. The second-order valence-corrected chi connectivity index (χ2v) is 6.17. The molecule has 1 amide bonds. The summed E-state index contributed by atoms with van der Waals surface area (Å²) < 4.78 is 0. The zero-order valence-electron chi connectivity index (χ0n) is 10.5. The highest BCUT2D eigenvalue weighted by molar-refractivity contribution is 9.09. The van der Waals surface area contributed by atoms with Gasteiger partial charge in [-0.05, 0) is 44.4 Å². The Morgan fingerprint density at radius 1 is 1.25 bits per heavy atom. The van der Waals surface area contributed by atoms with Gasteiger partial charge in [0.25, 0.3) is 0 Å². The van der Waals surface area contributed by atoms with E-state index in [1.54, 1.807) is 0 Å². The lowest BCUT2D eigenvalue weighted by atomic mass is 9.89. The summed E-state index contributed by atoms with van der Waals surface area (Å²) >= 11 is 3.65. The Bertz CT molecular complexity index is 208. The summed E-state index contributed by atoms with van der Waals surface area (Å²) in [5, 5.41) is 3.11. The van der Waals surface area contributed by atoms with Gasteiger partial charge in [-0.2, -0.15) is 0 Å². The number of carbonyl (C=O) groups is 1. The summed E-state index contributed by atoms with van der Waals surface area (Å²) in [5.74, 6) is 1.17. The molecule has 1 fully saturated rings. The molecule has 3 heteroatoms. The second-order valence-electron chi connectivity index (χ2n) is 4.88. The van der Waals surface area contributed by atoms with E-state index in [0.29, 0.717) is 10.7 Å². The molecule has 1 aliphatic carbocycles. The molecule has 0 heterocycles. The molecule has 0 aliphatic heterocycles. The normalized spacial score (nSPS) is 25.8. The van der Waals surface area contributed by atoms with Crippen molar-refractivity contribution in [3.8, 4) is 0 Å². The first-order chi connectivity index (χ1) is 7.67. The first-order valence-corrected chi connectivity index (χ1v) is 7.50. The highest BCUT2D eigenvalue weighted by Gasteiger charge is 2.20. The number of alkyl halides is 1. The average molecular weight is 290 g/mol. The maximum absolute atomic E-state index is 11.8. The van der Waals surface area contributed by atoms with E-state index in [9.17, 15) is 4.79 Å². The Labute approximate surface area is 108 Å². The van der Waals surface area contributed by atoms with Gasteiger partial charge in [-0.1, -0.05) is 29.8 Å². The van der Waals surface area contributed by atoms with Gasteiger partial charge < -0.3 is 5.32 Å². The summed E-state index contributed by atoms with van der Waals surface area (Å²) in [4.78, 5) is 12.5. The van der Waals surface area contributed by atoms with Crippen LogP contribution >= 0.6 is 15.9 Å². The first kappa shape index (κ1) is 14.0. The molecule has 1 N–H and O–H groups in total. The van der Waals surface area contributed by atoms with Crippen molar-refractivity contribution in [2.75, 3.05) is 6.54 Å². The van der Waals surface area contributed by atoms with Crippen LogP contribution in [0, 0.1) is 11.8 Å². The van der Waals surface area contributed by atoms with Crippen LogP contribution in [0.1, 0.15) is 52.4 Å². The number of nitrogens with one attached hydrogen (secondary N) is 1. The van der Waals surface area contributed by atoms with Gasteiger partial charge >= 0.3 is 0 Å². The van der Waals surface area contributed by atoms with Crippen molar-refractivity contribution in [1.82, 2.24) is 5.32 Å². The Morgan fingerprint density at radius 3 is 2.31 bits per heavy atom. The molecule has 0 saturated heterocycles. The summed E-state index contributed by atoms with van der Waals surface area (Å²) in [6.07, 6.45) is 6.92. The third-order valence-electron chi connectivity index (χ3n) is 3.70. The van der Waals surface area contributed by atoms with Gasteiger partial charge in [0.15, 0.2) is 0 Å². The lowest BCUT2D eigenvalue weighted by Crippen LogP contribution is -2.35. The van der Waals surface area contributed by atoms with Crippen molar-refractivity contribution in [1.29, 1.82) is 0 Å². The number of amides is 1. The maximum Gasteiger partial charge on any atom is 0.223 e. The van der Waals surface area contributed by atoms with Gasteiger partial charge in [0, 0.05) is 17.3 Å². The predicted octanol–water partition coefficient (Wildman–Crippen LogP) is 3.49. The topological polar surface area (TPSA) is 29.1 Å². The van der Waals surface area contributed by atoms with Crippen LogP contribution < -0.4 is 5.32 Å². The summed E-state index contributed by atoms with van der Waals surface area (Å²) in [6.45, 7) is 5.06. The second kappa shape index (κ2) is 7.31. The fourth-order valence-corrected chi connectivity index (χ4v) is 2.90. The van der Waals surface area contributed by atoms with E-state index in [-0.39, 0.29) is 11.8 Å². The predicted molar refractivity (Wildman–Crippen MR) is 71.8 cm³/mol. The van der Waals surface area contributed by atoms with Crippen LogP contribution in [0.4, 0.5) is 0 Å². The molecule has 0 bridgehead atoms. The molecular formula is C13H24BrNO. The van der Waals surface area contributed by atoms with Crippen LogP contribution in [0.2, 0.25) is 0 Å². The third kappa shape index (κ3) is 4.44. The average Bonchev–Trinajstić information content (AvgIpc) is 2.30. The molecule has 0 aromatic heterocycles. The van der Waals surface area contributed by atoms with E-state index >= 15 is 0 Å². The molecule has 0 aromatic rings. The third-order valence-corrected chi connectivity index (χ3v) is 4.61. The smallest absolute Gasteiger partial charge is 0.223 e. The molecule has 0 unspecified atom stereocenters. The van der Waals surface area contributed by atoms with Crippen LogP contribution in [-0.4, -0.2) is 17.3 Å². The van der Waals surface area contributed by atoms with E-state index in [2.05, 4.69) is 35.1 Å². The van der Waals surface area contributed by atoms with Crippen molar-refractivity contribution in [3.63, 3.8) is 0 Å². The van der Waals surface area contributed by atoms with Crippen LogP contribution in [0.3, 0.4) is 0 Å². The Kier molecular flexibility index (Phi) is 6.40.